The van der Waals surface area contributed by atoms with E-state index in [4.69, 9.17) is 0 Å². The van der Waals surface area contributed by atoms with Crippen LogP contribution >= 0.6 is 0 Å². The zero-order valence-electron chi connectivity index (χ0n) is 12.7. The molecule has 21 heavy (non-hydrogen) atoms. The summed E-state index contributed by atoms with van der Waals surface area (Å²) in [5.41, 5.74) is 0.704. The second-order valence-corrected chi connectivity index (χ2v) is 6.13. The molecule has 0 radical (unpaired) electrons. The van der Waals surface area contributed by atoms with Crippen molar-refractivity contribution in [2.24, 2.45) is 17.8 Å². The van der Waals surface area contributed by atoms with Gasteiger partial charge < -0.3 is 4.79 Å². The number of ketones is 3. The van der Waals surface area contributed by atoms with E-state index in [-0.39, 0.29) is 35.1 Å². The Balaban J connectivity index is 2.07. The lowest BCUT2D eigenvalue weighted by molar-refractivity contribution is -0.124. The highest BCUT2D eigenvalue weighted by molar-refractivity contribution is 5.96. The van der Waals surface area contributed by atoms with Gasteiger partial charge in [0.2, 0.25) is 0 Å². The van der Waals surface area contributed by atoms with Gasteiger partial charge in [-0.25, -0.2) is 0 Å². The molecule has 0 bridgehead atoms. The van der Waals surface area contributed by atoms with Gasteiger partial charge in [0.05, 0.1) is 0 Å². The van der Waals surface area contributed by atoms with Gasteiger partial charge in [-0.15, -0.1) is 0 Å². The van der Waals surface area contributed by atoms with Gasteiger partial charge in [0.15, 0.2) is 5.78 Å². The first-order valence-corrected chi connectivity index (χ1v) is 7.57. The lowest BCUT2D eigenvalue weighted by atomic mass is 9.81. The normalized spacial score (nSPS) is 24.8. The standard InChI is InChI=1S/C18H22O3/c1-12(19)10-15-8-9-16(18(15)13(2)20)11-17(21)14-6-4-3-5-7-14/h3-7,15-16,18H,8-11H2,1-2H3/t15-,16-,18+/m0/s1. The Labute approximate surface area is 125 Å². The third-order valence-electron chi connectivity index (χ3n) is 4.49. The van der Waals surface area contributed by atoms with Crippen LogP contribution in [0, 0.1) is 17.8 Å². The summed E-state index contributed by atoms with van der Waals surface area (Å²) in [6, 6.07) is 9.21. The van der Waals surface area contributed by atoms with Crippen molar-refractivity contribution in [2.45, 2.75) is 39.5 Å². The number of benzene rings is 1. The van der Waals surface area contributed by atoms with E-state index in [2.05, 4.69) is 0 Å². The van der Waals surface area contributed by atoms with Crippen LogP contribution in [0.5, 0.6) is 0 Å². The minimum atomic E-state index is -0.137. The molecule has 0 unspecified atom stereocenters. The van der Waals surface area contributed by atoms with E-state index < -0.39 is 0 Å². The summed E-state index contributed by atoms with van der Waals surface area (Å²) in [6.45, 7) is 3.16. The lowest BCUT2D eigenvalue weighted by Gasteiger charge is -2.21. The van der Waals surface area contributed by atoms with Gasteiger partial charge in [-0.3, -0.25) is 9.59 Å². The van der Waals surface area contributed by atoms with Crippen LogP contribution < -0.4 is 0 Å². The average Bonchev–Trinajstić information content (AvgIpc) is 2.81. The molecule has 2 rings (SSSR count). The van der Waals surface area contributed by atoms with E-state index >= 15 is 0 Å². The predicted octanol–water partition coefficient (Wildman–Crippen LogP) is 3.47. The molecule has 1 fully saturated rings. The molecule has 0 saturated heterocycles. The van der Waals surface area contributed by atoms with Crippen molar-refractivity contribution in [1.29, 1.82) is 0 Å². The Bertz CT molecular complexity index is 533. The van der Waals surface area contributed by atoms with Gasteiger partial charge in [-0.1, -0.05) is 30.3 Å². The van der Waals surface area contributed by atoms with E-state index in [9.17, 15) is 14.4 Å². The molecular formula is C18H22O3. The molecule has 3 nitrogen and oxygen atoms in total. The summed E-state index contributed by atoms with van der Waals surface area (Å²) < 4.78 is 0. The highest BCUT2D eigenvalue weighted by Gasteiger charge is 2.40. The Hall–Kier alpha value is -1.77. The zero-order valence-corrected chi connectivity index (χ0v) is 12.7. The molecule has 1 aromatic carbocycles. The third kappa shape index (κ3) is 3.87. The summed E-state index contributed by atoms with van der Waals surface area (Å²) in [4.78, 5) is 35.6. The van der Waals surface area contributed by atoms with Crippen LogP contribution in [0.4, 0.5) is 0 Å². The van der Waals surface area contributed by atoms with Crippen molar-refractivity contribution in [2.75, 3.05) is 0 Å². The van der Waals surface area contributed by atoms with Crippen molar-refractivity contribution in [1.82, 2.24) is 0 Å². The van der Waals surface area contributed by atoms with Gasteiger partial charge in [0, 0.05) is 24.3 Å². The average molecular weight is 286 g/mol. The molecule has 0 spiro atoms. The molecule has 0 aliphatic heterocycles. The summed E-state index contributed by atoms with van der Waals surface area (Å²) in [7, 11) is 0. The summed E-state index contributed by atoms with van der Waals surface area (Å²) >= 11 is 0. The zero-order chi connectivity index (χ0) is 15.4. The maximum Gasteiger partial charge on any atom is 0.163 e. The van der Waals surface area contributed by atoms with Crippen LogP contribution in [0.1, 0.15) is 49.9 Å². The van der Waals surface area contributed by atoms with Crippen molar-refractivity contribution in [3.63, 3.8) is 0 Å². The number of hydrogen-bond donors (Lipinski definition) is 0. The largest absolute Gasteiger partial charge is 0.300 e. The van der Waals surface area contributed by atoms with E-state index in [1.165, 1.54) is 0 Å². The van der Waals surface area contributed by atoms with Gasteiger partial charge in [-0.05, 0) is 38.5 Å². The molecule has 3 atom stereocenters. The molecule has 0 heterocycles. The molecular weight excluding hydrogens is 264 g/mol. The number of carbonyl (C=O) groups excluding carboxylic acids is 3. The highest BCUT2D eigenvalue weighted by Crippen LogP contribution is 2.42. The number of carbonyl (C=O) groups is 3. The summed E-state index contributed by atoms with van der Waals surface area (Å²) in [5.74, 6) is 0.399. The van der Waals surface area contributed by atoms with Crippen LogP contribution in [0.3, 0.4) is 0 Å². The Morgan fingerprint density at radius 3 is 2.05 bits per heavy atom. The third-order valence-corrected chi connectivity index (χ3v) is 4.49. The SMILES string of the molecule is CC(=O)C[C@@H]1CC[C@@H](CC(=O)c2ccccc2)[C@@H]1C(C)=O. The van der Waals surface area contributed by atoms with Crippen LogP contribution in [-0.2, 0) is 9.59 Å². The fraction of sp³-hybridized carbons (Fsp3) is 0.500. The molecule has 1 saturated carbocycles. The monoisotopic (exact) mass is 286 g/mol. The number of hydrogen-bond acceptors (Lipinski definition) is 3. The molecule has 0 amide bonds. The molecule has 0 aromatic heterocycles. The van der Waals surface area contributed by atoms with E-state index in [0.717, 1.165) is 12.8 Å². The first-order valence-electron chi connectivity index (χ1n) is 7.57. The van der Waals surface area contributed by atoms with Crippen LogP contribution in [0.15, 0.2) is 30.3 Å². The minimum Gasteiger partial charge on any atom is -0.300 e. The maximum atomic E-state index is 12.3. The topological polar surface area (TPSA) is 51.2 Å². The summed E-state index contributed by atoms with van der Waals surface area (Å²) in [5, 5.41) is 0. The quantitative estimate of drug-likeness (QED) is 0.752. The smallest absolute Gasteiger partial charge is 0.163 e. The highest BCUT2D eigenvalue weighted by atomic mass is 16.1. The fourth-order valence-electron chi connectivity index (χ4n) is 3.64. The first kappa shape index (κ1) is 15.6. The van der Waals surface area contributed by atoms with Gasteiger partial charge >= 0.3 is 0 Å². The predicted molar refractivity (Wildman–Crippen MR) is 81.1 cm³/mol. The second-order valence-electron chi connectivity index (χ2n) is 6.13. The molecule has 112 valence electrons. The van der Waals surface area contributed by atoms with Crippen molar-refractivity contribution < 1.29 is 14.4 Å². The Kier molecular flexibility index (Phi) is 5.05. The molecule has 1 aromatic rings. The fourth-order valence-corrected chi connectivity index (χ4v) is 3.64. The van der Waals surface area contributed by atoms with Crippen LogP contribution in [0.25, 0.3) is 0 Å². The minimum absolute atomic E-state index is 0.0829. The maximum absolute atomic E-state index is 12.3. The van der Waals surface area contributed by atoms with Crippen molar-refractivity contribution in [3.8, 4) is 0 Å². The van der Waals surface area contributed by atoms with E-state index in [1.54, 1.807) is 13.8 Å². The van der Waals surface area contributed by atoms with E-state index in [0.29, 0.717) is 18.4 Å². The summed E-state index contributed by atoms with van der Waals surface area (Å²) in [6.07, 6.45) is 2.60. The van der Waals surface area contributed by atoms with Gasteiger partial charge in [0.25, 0.3) is 0 Å². The van der Waals surface area contributed by atoms with Gasteiger partial charge in [-0.2, -0.15) is 0 Å². The molecule has 1 aliphatic carbocycles. The number of rotatable bonds is 6. The van der Waals surface area contributed by atoms with E-state index in [1.807, 2.05) is 30.3 Å². The van der Waals surface area contributed by atoms with Crippen molar-refractivity contribution >= 4 is 17.3 Å². The molecule has 3 heteroatoms. The molecule has 1 aliphatic rings. The second kappa shape index (κ2) is 6.79. The lowest BCUT2D eigenvalue weighted by Crippen LogP contribution is -2.25. The van der Waals surface area contributed by atoms with Crippen molar-refractivity contribution in [3.05, 3.63) is 35.9 Å². The Morgan fingerprint density at radius 1 is 0.952 bits per heavy atom. The Morgan fingerprint density at radius 2 is 1.52 bits per heavy atom. The van der Waals surface area contributed by atoms with Crippen LogP contribution in [0.2, 0.25) is 0 Å². The first-order chi connectivity index (χ1) is 9.99. The number of Topliss-reactive ketones (excluding diaryl/α,β-unsaturated/α-hetero) is 3. The molecule has 0 N–H and O–H groups in total. The van der Waals surface area contributed by atoms with Gasteiger partial charge in [0.1, 0.15) is 11.6 Å². The van der Waals surface area contributed by atoms with Crippen LogP contribution in [-0.4, -0.2) is 17.3 Å².